The van der Waals surface area contributed by atoms with E-state index in [1.54, 1.807) is 0 Å². The fourth-order valence-electron chi connectivity index (χ4n) is 2.74. The highest BCUT2D eigenvalue weighted by Gasteiger charge is 2.36. The Kier molecular flexibility index (Phi) is 2.26. The molecule has 1 fully saturated rings. The second kappa shape index (κ2) is 3.96. The summed E-state index contributed by atoms with van der Waals surface area (Å²) in [7, 11) is 0. The second-order valence-corrected chi connectivity index (χ2v) is 5.07. The average molecular weight is 268 g/mol. The predicted molar refractivity (Wildman–Crippen MR) is 78.8 cm³/mol. The summed E-state index contributed by atoms with van der Waals surface area (Å²) < 4.78 is 6.06. The number of thiocarbonyl (C=S) groups is 1. The van der Waals surface area contributed by atoms with Gasteiger partial charge < -0.3 is 15.0 Å². The molecule has 19 heavy (non-hydrogen) atoms. The number of benzene rings is 2. The first kappa shape index (κ1) is 10.8. The van der Waals surface area contributed by atoms with Crippen LogP contribution in [0.2, 0.25) is 0 Å². The normalized spacial score (nSPS) is 19.7. The van der Waals surface area contributed by atoms with Crippen molar-refractivity contribution in [2.24, 2.45) is 0 Å². The van der Waals surface area contributed by atoms with Gasteiger partial charge >= 0.3 is 0 Å². The van der Waals surface area contributed by atoms with Crippen molar-refractivity contribution in [2.75, 3.05) is 11.4 Å². The number of nitrogens with zero attached hydrogens (tertiary/aromatic N) is 1. The number of ether oxygens (including phenoxy) is 1. The van der Waals surface area contributed by atoms with Gasteiger partial charge in [-0.3, -0.25) is 0 Å². The Morgan fingerprint density at radius 3 is 2.68 bits per heavy atom. The maximum Gasteiger partial charge on any atom is 0.174 e. The molecule has 0 spiro atoms. The Labute approximate surface area is 116 Å². The van der Waals surface area contributed by atoms with E-state index in [4.69, 9.17) is 17.0 Å². The minimum absolute atomic E-state index is 0.201. The largest absolute Gasteiger partial charge is 0.455 e. The van der Waals surface area contributed by atoms with E-state index < -0.39 is 0 Å². The summed E-state index contributed by atoms with van der Waals surface area (Å²) in [4.78, 5) is 2.15. The van der Waals surface area contributed by atoms with Gasteiger partial charge in [-0.15, -0.1) is 0 Å². The molecule has 0 bridgehead atoms. The van der Waals surface area contributed by atoms with Crippen molar-refractivity contribution >= 4 is 23.0 Å². The molecule has 2 heterocycles. The maximum absolute atomic E-state index is 6.06. The van der Waals surface area contributed by atoms with Crippen LogP contribution in [-0.2, 0) is 0 Å². The van der Waals surface area contributed by atoms with Crippen LogP contribution in [0, 0.1) is 0 Å². The van der Waals surface area contributed by atoms with Gasteiger partial charge in [0.15, 0.2) is 10.9 Å². The molecule has 3 nitrogen and oxygen atoms in total. The van der Waals surface area contributed by atoms with E-state index in [2.05, 4.69) is 16.3 Å². The van der Waals surface area contributed by atoms with E-state index in [0.29, 0.717) is 0 Å². The van der Waals surface area contributed by atoms with Gasteiger partial charge in [0.25, 0.3) is 0 Å². The molecule has 4 rings (SSSR count). The molecule has 0 aromatic heterocycles. The van der Waals surface area contributed by atoms with Gasteiger partial charge in [0.05, 0.1) is 11.7 Å². The highest BCUT2D eigenvalue weighted by atomic mass is 32.1. The molecule has 2 aromatic carbocycles. The van der Waals surface area contributed by atoms with Gasteiger partial charge in [0.2, 0.25) is 0 Å². The molecule has 94 valence electrons. The number of rotatable bonds is 0. The molecule has 1 unspecified atom stereocenters. The van der Waals surface area contributed by atoms with Crippen LogP contribution in [0.3, 0.4) is 0 Å². The van der Waals surface area contributed by atoms with E-state index in [0.717, 1.165) is 28.8 Å². The molecular weight excluding hydrogens is 256 g/mol. The van der Waals surface area contributed by atoms with E-state index in [-0.39, 0.29) is 6.04 Å². The van der Waals surface area contributed by atoms with Gasteiger partial charge in [-0.25, -0.2) is 0 Å². The lowest BCUT2D eigenvalue weighted by Crippen LogP contribution is -2.28. The van der Waals surface area contributed by atoms with E-state index in [1.807, 2.05) is 42.5 Å². The number of hydrogen-bond acceptors (Lipinski definition) is 2. The van der Waals surface area contributed by atoms with Crippen LogP contribution in [0.1, 0.15) is 11.6 Å². The summed E-state index contributed by atoms with van der Waals surface area (Å²) >= 11 is 5.44. The molecule has 4 heteroatoms. The number of para-hydroxylation sites is 3. The van der Waals surface area contributed by atoms with Crippen molar-refractivity contribution in [3.05, 3.63) is 54.1 Å². The standard InChI is InChI=1S/C15H12N2OS/c19-15-16-9-12-10-5-1-3-7-13(10)18-14-8-4-2-6-11(14)17(12)15/h1-8,12H,9H2,(H,16,19). The zero-order valence-corrected chi connectivity index (χ0v) is 11.0. The molecule has 1 saturated heterocycles. The Hall–Kier alpha value is -2.07. The lowest BCUT2D eigenvalue weighted by molar-refractivity contribution is 0.481. The van der Waals surface area contributed by atoms with E-state index in [1.165, 1.54) is 5.56 Å². The summed E-state index contributed by atoms with van der Waals surface area (Å²) in [5, 5.41) is 4.03. The lowest BCUT2D eigenvalue weighted by atomic mass is 10.1. The first-order chi connectivity index (χ1) is 9.34. The molecule has 0 saturated carbocycles. The Morgan fingerprint density at radius 1 is 1.05 bits per heavy atom. The van der Waals surface area contributed by atoms with E-state index >= 15 is 0 Å². The molecule has 1 atom stereocenters. The predicted octanol–water partition coefficient (Wildman–Crippen LogP) is 3.23. The maximum atomic E-state index is 6.06. The van der Waals surface area contributed by atoms with Crippen LogP contribution in [-0.4, -0.2) is 11.7 Å². The first-order valence-corrected chi connectivity index (χ1v) is 6.68. The highest BCUT2D eigenvalue weighted by Crippen LogP contribution is 2.45. The van der Waals surface area contributed by atoms with Crippen molar-refractivity contribution in [1.82, 2.24) is 5.32 Å². The summed E-state index contributed by atoms with van der Waals surface area (Å²) in [6.07, 6.45) is 0. The molecule has 2 aliphatic rings. The smallest absolute Gasteiger partial charge is 0.174 e. The summed E-state index contributed by atoms with van der Waals surface area (Å²) in [6, 6.07) is 16.4. The van der Waals surface area contributed by atoms with Crippen molar-refractivity contribution in [3.63, 3.8) is 0 Å². The Morgan fingerprint density at radius 2 is 1.79 bits per heavy atom. The number of anilines is 1. The third kappa shape index (κ3) is 1.53. The van der Waals surface area contributed by atoms with Crippen LogP contribution < -0.4 is 15.0 Å². The lowest BCUT2D eigenvalue weighted by Gasteiger charge is -2.23. The molecular formula is C15H12N2OS. The monoisotopic (exact) mass is 268 g/mol. The van der Waals surface area contributed by atoms with Gasteiger partial charge in [-0.05, 0) is 30.4 Å². The minimum Gasteiger partial charge on any atom is -0.455 e. The zero-order valence-electron chi connectivity index (χ0n) is 10.2. The fourth-order valence-corrected chi connectivity index (χ4v) is 3.05. The van der Waals surface area contributed by atoms with Crippen molar-refractivity contribution in [2.45, 2.75) is 6.04 Å². The Balaban J connectivity index is 1.98. The van der Waals surface area contributed by atoms with Crippen LogP contribution >= 0.6 is 12.2 Å². The topological polar surface area (TPSA) is 24.5 Å². The number of fused-ring (bicyclic) bond motifs is 5. The summed E-state index contributed by atoms with van der Waals surface area (Å²) in [5.41, 5.74) is 2.20. The van der Waals surface area contributed by atoms with E-state index in [9.17, 15) is 0 Å². The van der Waals surface area contributed by atoms with Crippen LogP contribution in [0.25, 0.3) is 0 Å². The molecule has 1 N–H and O–H groups in total. The van der Waals surface area contributed by atoms with Gasteiger partial charge in [0.1, 0.15) is 5.75 Å². The highest BCUT2D eigenvalue weighted by molar-refractivity contribution is 7.80. The van der Waals surface area contributed by atoms with Crippen molar-refractivity contribution in [1.29, 1.82) is 0 Å². The third-order valence-electron chi connectivity index (χ3n) is 3.60. The summed E-state index contributed by atoms with van der Waals surface area (Å²) in [5.74, 6) is 1.76. The Bertz CT molecular complexity index is 671. The quantitative estimate of drug-likeness (QED) is 0.741. The molecule has 0 aliphatic carbocycles. The van der Waals surface area contributed by atoms with Gasteiger partial charge in [0, 0.05) is 12.1 Å². The SMILES string of the molecule is S=C1NCC2c3ccccc3Oc3ccccc3N12. The molecule has 0 radical (unpaired) electrons. The number of nitrogens with one attached hydrogen (secondary N) is 1. The fraction of sp³-hybridized carbons (Fsp3) is 0.133. The van der Waals surface area contributed by atoms with Crippen molar-refractivity contribution < 1.29 is 4.74 Å². The van der Waals surface area contributed by atoms with Crippen LogP contribution in [0.15, 0.2) is 48.5 Å². The third-order valence-corrected chi connectivity index (χ3v) is 3.94. The first-order valence-electron chi connectivity index (χ1n) is 6.27. The van der Waals surface area contributed by atoms with Gasteiger partial charge in [-0.2, -0.15) is 0 Å². The van der Waals surface area contributed by atoms with Crippen molar-refractivity contribution in [3.8, 4) is 11.5 Å². The van der Waals surface area contributed by atoms with Gasteiger partial charge in [-0.1, -0.05) is 30.3 Å². The molecule has 2 aliphatic heterocycles. The number of hydrogen-bond donors (Lipinski definition) is 1. The second-order valence-electron chi connectivity index (χ2n) is 4.68. The molecule has 0 amide bonds. The van der Waals surface area contributed by atoms with Crippen LogP contribution in [0.5, 0.6) is 11.5 Å². The average Bonchev–Trinajstić information content (AvgIpc) is 2.75. The minimum atomic E-state index is 0.201. The van der Waals surface area contributed by atoms with Crippen LogP contribution in [0.4, 0.5) is 5.69 Å². The molecule has 2 aromatic rings. The zero-order chi connectivity index (χ0) is 12.8. The summed E-state index contributed by atoms with van der Waals surface area (Å²) in [6.45, 7) is 0.813.